The van der Waals surface area contributed by atoms with Crippen molar-refractivity contribution in [1.82, 2.24) is 47.9 Å². The fraction of sp³-hybridized carbons (Fsp3) is 0.237. The smallest absolute Gasteiger partial charge is 0.301 e. The zero-order valence-corrected chi connectivity index (χ0v) is 38.0. The number of anilines is 1. The van der Waals surface area contributed by atoms with Crippen molar-refractivity contribution in [3.8, 4) is 17.6 Å². The van der Waals surface area contributed by atoms with Gasteiger partial charge in [-0.15, -0.1) is 0 Å². The minimum atomic E-state index is -2.68. The van der Waals surface area contributed by atoms with Crippen molar-refractivity contribution in [2.45, 2.75) is 43.5 Å². The molecule has 0 aliphatic heterocycles. The number of aliphatic hydroxyl groups is 1. The number of hydrogen-bond donors (Lipinski definition) is 19. The van der Waals surface area contributed by atoms with Crippen LogP contribution in [0.5, 0.6) is 11.5 Å². The number of nitrogens with zero attached hydrogens (tertiary/aromatic N) is 4. The summed E-state index contributed by atoms with van der Waals surface area (Å²) >= 11 is 0. The van der Waals surface area contributed by atoms with Crippen LogP contribution in [0.1, 0.15) is 22.7 Å². The molecule has 388 valence electrons. The number of nitrogens with one attached hydrogen (secondary N) is 13. The minimum absolute atomic E-state index is 0.00745. The molecule has 3 rings (SSSR count). The largest absolute Gasteiger partial charge is 0.497 e. The molecule has 35 heteroatoms. The van der Waals surface area contributed by atoms with Crippen LogP contribution in [-0.2, 0) is 35.3 Å². The Morgan fingerprint density at radius 1 is 0.644 bits per heavy atom. The highest BCUT2D eigenvalue weighted by molar-refractivity contribution is 6.00. The molecule has 0 spiro atoms. The standard InChI is InChI=1S/C38H48N22O13/c1-72-18-9-8-17(21(12-18)73-2)14-58(23-19(59(68)69)10-15(13-39)11-20(23)60(70)71)34(67)33(66)49-22(16-6-4-3-5-7-16)29(62)51-26(55-36(43)44)31(64)53-28(57-38(47)48)32(65)52-27(56-37(45)46)30(63)50-25(24(40)61)54-35(41)42/h3-12,22,25-28,34,67H,14H2,1-2H3,(H2,40,61)(H,49,66)(H,50,63)(H,51,62)(H,52,65)(H,53,64)(H4,41,42,54)(H4,43,44,55)(H4,45,46,56)(H4,47,48,57). The fourth-order valence-corrected chi connectivity index (χ4v) is 6.20. The number of amides is 6. The van der Waals surface area contributed by atoms with Crippen molar-refractivity contribution in [2.24, 2.45) is 28.7 Å². The van der Waals surface area contributed by atoms with E-state index in [0.717, 1.165) is 0 Å². The Bertz CT molecular complexity index is 2680. The lowest BCUT2D eigenvalue weighted by Crippen LogP contribution is -2.68. The topological polar surface area (TPSA) is 588 Å². The highest BCUT2D eigenvalue weighted by Crippen LogP contribution is 2.41. The third kappa shape index (κ3) is 15.9. The van der Waals surface area contributed by atoms with Gasteiger partial charge in [0, 0.05) is 23.8 Å². The Hall–Kier alpha value is -10.8. The number of nitro benzene ring substituents is 2. The second kappa shape index (κ2) is 25.5. The van der Waals surface area contributed by atoms with Crippen molar-refractivity contribution in [3.05, 3.63) is 97.6 Å². The maximum atomic E-state index is 14.3. The molecule has 0 bridgehead atoms. The van der Waals surface area contributed by atoms with E-state index < -0.39 is 135 Å². The van der Waals surface area contributed by atoms with E-state index in [1.807, 2.05) is 31.9 Å². The molecule has 3 aromatic carbocycles. The summed E-state index contributed by atoms with van der Waals surface area (Å²) in [6, 6.07) is 11.8. The van der Waals surface area contributed by atoms with Crippen molar-refractivity contribution < 1.29 is 53.2 Å². The number of methoxy groups -OCH3 is 2. The third-order valence-electron chi connectivity index (χ3n) is 9.34. The number of hydrogen-bond acceptors (Lipinski definition) is 19. The van der Waals surface area contributed by atoms with Gasteiger partial charge in [-0.25, -0.2) is 0 Å². The molecule has 0 aliphatic rings. The van der Waals surface area contributed by atoms with Gasteiger partial charge in [0.25, 0.3) is 29.5 Å². The third-order valence-corrected chi connectivity index (χ3v) is 9.34. The Labute approximate surface area is 410 Å². The van der Waals surface area contributed by atoms with E-state index in [4.69, 9.17) is 59.8 Å². The molecule has 0 aliphatic carbocycles. The first-order valence-corrected chi connectivity index (χ1v) is 20.1. The normalized spacial score (nSPS) is 12.8. The highest BCUT2D eigenvalue weighted by Gasteiger charge is 2.40. The molecule has 0 fully saturated rings. The lowest BCUT2D eigenvalue weighted by molar-refractivity contribution is -0.392. The lowest BCUT2D eigenvalue weighted by Gasteiger charge is -2.31. The molecule has 6 unspecified atom stereocenters. The molecule has 0 saturated carbocycles. The van der Waals surface area contributed by atoms with Gasteiger partial charge in [-0.2, -0.15) is 5.26 Å². The molecule has 6 atom stereocenters. The summed E-state index contributed by atoms with van der Waals surface area (Å²) in [4.78, 5) is 104. The Kier molecular flexibility index (Phi) is 19.8. The molecule has 0 radical (unpaired) electrons. The van der Waals surface area contributed by atoms with Crippen molar-refractivity contribution in [1.29, 1.82) is 26.9 Å². The van der Waals surface area contributed by atoms with Crippen molar-refractivity contribution in [2.75, 3.05) is 19.1 Å². The first-order valence-electron chi connectivity index (χ1n) is 20.1. The SMILES string of the molecule is COc1ccc(CN(c2c([N+](=O)[O-])cc(C#N)cc2[N+](=O)[O-])C(O)C(=O)NC(C(=O)NC(NC(=N)N)C(=O)NC(NC(=N)N)C(=O)NC(NC(=N)N)C(=O)NC(NC(=N)N)C(N)=O)c2ccccc2)c(OC)c1. The Balaban J connectivity index is 2.09. The van der Waals surface area contributed by atoms with E-state index in [-0.39, 0.29) is 22.6 Å². The van der Waals surface area contributed by atoms with E-state index in [1.54, 1.807) is 6.07 Å². The number of benzene rings is 3. The molecule has 0 saturated heterocycles. The fourth-order valence-electron chi connectivity index (χ4n) is 6.20. The maximum absolute atomic E-state index is 14.3. The van der Waals surface area contributed by atoms with Crippen LogP contribution in [0.3, 0.4) is 0 Å². The zero-order valence-electron chi connectivity index (χ0n) is 38.0. The first-order chi connectivity index (χ1) is 34.3. The predicted octanol–water partition coefficient (Wildman–Crippen LogP) is -6.24. The summed E-state index contributed by atoms with van der Waals surface area (Å²) in [6.45, 7) is -0.771. The van der Waals surface area contributed by atoms with Gasteiger partial charge in [-0.1, -0.05) is 30.3 Å². The van der Waals surface area contributed by atoms with Crippen LogP contribution in [0.2, 0.25) is 0 Å². The van der Waals surface area contributed by atoms with E-state index in [2.05, 4.69) is 16.0 Å². The molecule has 0 aromatic heterocycles. The average Bonchev–Trinajstić information content (AvgIpc) is 3.32. The number of carbonyl (C=O) groups excluding carboxylic acids is 6. The maximum Gasteiger partial charge on any atom is 0.301 e. The summed E-state index contributed by atoms with van der Waals surface area (Å²) in [6.07, 6.45) is -11.0. The quantitative estimate of drug-likeness (QED) is 0.0130. The molecule has 35 nitrogen and oxygen atoms in total. The van der Waals surface area contributed by atoms with E-state index in [0.29, 0.717) is 17.0 Å². The number of guanidine groups is 4. The summed E-state index contributed by atoms with van der Waals surface area (Å²) in [5.41, 5.74) is 22.9. The van der Waals surface area contributed by atoms with Crippen molar-refractivity contribution >= 4 is 76.3 Å². The number of nitrogens with two attached hydrogens (primary N) is 5. The monoisotopic (exact) mass is 1020 g/mol. The summed E-state index contributed by atoms with van der Waals surface area (Å²) in [5, 5.41) is 95.2. The molecule has 0 heterocycles. The van der Waals surface area contributed by atoms with Crippen molar-refractivity contribution in [3.63, 3.8) is 0 Å². The van der Waals surface area contributed by atoms with Crippen LogP contribution in [0.25, 0.3) is 0 Å². The van der Waals surface area contributed by atoms with Gasteiger partial charge >= 0.3 is 11.4 Å². The number of aliphatic hydroxyl groups excluding tert-OH is 1. The van der Waals surface area contributed by atoms with Gasteiger partial charge in [-0.05, 0) is 17.7 Å². The van der Waals surface area contributed by atoms with Crippen LogP contribution in [0.4, 0.5) is 17.1 Å². The van der Waals surface area contributed by atoms with E-state index >= 15 is 0 Å². The number of rotatable bonds is 24. The summed E-state index contributed by atoms with van der Waals surface area (Å²) in [7, 11) is 2.54. The molecular formula is C38H48N22O13. The number of nitro groups is 2. The Morgan fingerprint density at radius 2 is 1.08 bits per heavy atom. The molecular weight excluding hydrogens is 973 g/mol. The first kappa shape index (κ1) is 56.5. The number of ether oxygens (including phenoxy) is 2. The van der Waals surface area contributed by atoms with Crippen LogP contribution in [0.15, 0.2) is 60.7 Å². The second-order valence-electron chi connectivity index (χ2n) is 14.4. The number of nitriles is 1. The molecule has 24 N–H and O–H groups in total. The highest BCUT2D eigenvalue weighted by atomic mass is 16.6. The Morgan fingerprint density at radius 3 is 1.48 bits per heavy atom. The van der Waals surface area contributed by atoms with Crippen LogP contribution in [-0.4, -0.2) is 119 Å². The van der Waals surface area contributed by atoms with Gasteiger partial charge in [-0.3, -0.25) is 70.6 Å². The van der Waals surface area contributed by atoms with E-state index in [1.165, 1.54) is 62.8 Å². The van der Waals surface area contributed by atoms with Crippen LogP contribution in [0, 0.1) is 53.2 Å². The average molecular weight is 1020 g/mol. The summed E-state index contributed by atoms with van der Waals surface area (Å²) < 4.78 is 10.6. The molecule has 73 heavy (non-hydrogen) atoms. The minimum Gasteiger partial charge on any atom is -0.497 e. The van der Waals surface area contributed by atoms with Gasteiger partial charge in [0.1, 0.15) is 17.5 Å². The van der Waals surface area contributed by atoms with Gasteiger partial charge in [0.2, 0.25) is 12.1 Å². The lowest BCUT2D eigenvalue weighted by atomic mass is 10.1. The predicted molar refractivity (Wildman–Crippen MR) is 251 cm³/mol. The van der Waals surface area contributed by atoms with Crippen LogP contribution < -0.4 is 90.9 Å². The van der Waals surface area contributed by atoms with E-state index in [9.17, 15) is 59.4 Å². The molecule has 6 amide bonds. The van der Waals surface area contributed by atoms with Gasteiger partial charge < -0.3 is 96.0 Å². The number of carbonyl (C=O) groups is 6. The number of primary amides is 1. The summed E-state index contributed by atoms with van der Waals surface area (Å²) in [5.74, 6) is -12.0. The molecule has 3 aromatic rings. The van der Waals surface area contributed by atoms with Crippen LogP contribution >= 0.6 is 0 Å². The second-order valence-corrected chi connectivity index (χ2v) is 14.4. The van der Waals surface area contributed by atoms with Gasteiger partial charge in [0.15, 0.2) is 54.2 Å². The zero-order chi connectivity index (χ0) is 54.9. The van der Waals surface area contributed by atoms with Gasteiger partial charge in [0.05, 0.1) is 42.2 Å².